The summed E-state index contributed by atoms with van der Waals surface area (Å²) in [6, 6.07) is 2.03. The van der Waals surface area contributed by atoms with Gasteiger partial charge in [0.15, 0.2) is 6.29 Å². The number of rotatable bonds is 5. The summed E-state index contributed by atoms with van der Waals surface area (Å²) < 4.78 is 10.4. The molecule has 0 N–H and O–H groups in total. The molecule has 0 atom stereocenters. The van der Waals surface area contributed by atoms with Crippen LogP contribution in [0.3, 0.4) is 0 Å². The molecule has 1 radical (unpaired) electrons. The average molecular weight is 147 g/mol. The molecular formula is C6H15O2Si. The fourth-order valence-corrected chi connectivity index (χ4v) is 0.954. The van der Waals surface area contributed by atoms with E-state index in [1.54, 1.807) is 0 Å². The van der Waals surface area contributed by atoms with Gasteiger partial charge < -0.3 is 9.47 Å². The van der Waals surface area contributed by atoms with Gasteiger partial charge in [0.25, 0.3) is 0 Å². The molecule has 3 heteroatoms. The topological polar surface area (TPSA) is 18.5 Å². The van der Waals surface area contributed by atoms with E-state index in [9.17, 15) is 0 Å². The van der Waals surface area contributed by atoms with Crippen LogP contribution in [0.2, 0.25) is 0 Å². The smallest absolute Gasteiger partial charge is 0.157 e. The fourth-order valence-electron chi connectivity index (χ4n) is 0.569. The Morgan fingerprint density at radius 2 is 1.78 bits per heavy atom. The quantitative estimate of drug-likeness (QED) is 0.400. The highest BCUT2D eigenvalue weighted by Crippen LogP contribution is 1.95. The Labute approximate surface area is 60.0 Å². The van der Waals surface area contributed by atoms with E-state index >= 15 is 0 Å². The van der Waals surface area contributed by atoms with Gasteiger partial charge in [0.1, 0.15) is 0 Å². The Kier molecular flexibility index (Phi) is 6.35. The van der Waals surface area contributed by atoms with Crippen molar-refractivity contribution in [3.63, 3.8) is 0 Å². The van der Waals surface area contributed by atoms with Crippen molar-refractivity contribution in [2.24, 2.45) is 0 Å². The van der Waals surface area contributed by atoms with Crippen molar-refractivity contribution in [3.8, 4) is 0 Å². The summed E-state index contributed by atoms with van der Waals surface area (Å²) in [5, 5.41) is 0. The fraction of sp³-hybridized carbons (Fsp3) is 0.833. The first-order valence-corrected chi connectivity index (χ1v) is 4.53. The van der Waals surface area contributed by atoms with Crippen LogP contribution < -0.4 is 0 Å². The SMILES string of the molecule is CCOC([CH][SiH3])OCC. The zero-order valence-corrected chi connectivity index (χ0v) is 8.39. The molecule has 2 nitrogen and oxygen atoms in total. The minimum absolute atomic E-state index is 0.0494. The number of hydrogen-bond donors (Lipinski definition) is 0. The molecule has 0 saturated carbocycles. The van der Waals surface area contributed by atoms with Crippen LogP contribution in [0.25, 0.3) is 0 Å². The molecule has 0 rings (SSSR count). The summed E-state index contributed by atoms with van der Waals surface area (Å²) in [5.74, 6) is 0. The number of ether oxygens (including phenoxy) is 2. The minimum Gasteiger partial charge on any atom is -0.353 e. The van der Waals surface area contributed by atoms with Crippen LogP contribution in [0.4, 0.5) is 0 Å². The van der Waals surface area contributed by atoms with Gasteiger partial charge in [0, 0.05) is 23.5 Å². The first-order valence-electron chi connectivity index (χ1n) is 3.37. The summed E-state index contributed by atoms with van der Waals surface area (Å²) in [6.45, 7) is 5.39. The molecule has 55 valence electrons. The van der Waals surface area contributed by atoms with Crippen molar-refractivity contribution < 1.29 is 9.47 Å². The zero-order valence-electron chi connectivity index (χ0n) is 6.39. The van der Waals surface area contributed by atoms with Crippen LogP contribution in [-0.2, 0) is 9.47 Å². The van der Waals surface area contributed by atoms with E-state index < -0.39 is 0 Å². The molecule has 0 heterocycles. The highest BCUT2D eigenvalue weighted by Gasteiger charge is 2.01. The summed E-state index contributed by atoms with van der Waals surface area (Å²) in [6.07, 6.45) is -0.0494. The molecule has 0 aliphatic heterocycles. The lowest BCUT2D eigenvalue weighted by Gasteiger charge is -2.13. The molecule has 0 aromatic rings. The van der Waals surface area contributed by atoms with E-state index in [-0.39, 0.29) is 6.29 Å². The van der Waals surface area contributed by atoms with E-state index in [1.807, 2.05) is 19.9 Å². The summed E-state index contributed by atoms with van der Waals surface area (Å²) in [4.78, 5) is 0. The van der Waals surface area contributed by atoms with Crippen molar-refractivity contribution in [1.82, 2.24) is 0 Å². The van der Waals surface area contributed by atoms with E-state index in [0.29, 0.717) is 0 Å². The normalized spacial score (nSPS) is 11.0. The zero-order chi connectivity index (χ0) is 7.11. The lowest BCUT2D eigenvalue weighted by Crippen LogP contribution is -2.17. The molecule has 0 saturated heterocycles. The van der Waals surface area contributed by atoms with Gasteiger partial charge in [-0.15, -0.1) is 0 Å². The van der Waals surface area contributed by atoms with Crippen molar-refractivity contribution in [1.29, 1.82) is 0 Å². The largest absolute Gasteiger partial charge is 0.353 e. The van der Waals surface area contributed by atoms with Gasteiger partial charge >= 0.3 is 0 Å². The Morgan fingerprint density at radius 1 is 1.33 bits per heavy atom. The molecule has 9 heavy (non-hydrogen) atoms. The standard InChI is InChI=1S/C6H15O2Si/c1-3-7-6(5-9)8-4-2/h5-6H,3-4H2,1-2,9H3. The van der Waals surface area contributed by atoms with Crippen molar-refractivity contribution in [2.75, 3.05) is 13.2 Å². The molecule has 0 aromatic carbocycles. The Hall–Kier alpha value is 0.137. The van der Waals surface area contributed by atoms with E-state index in [2.05, 4.69) is 0 Å². The van der Waals surface area contributed by atoms with Crippen LogP contribution in [0.15, 0.2) is 0 Å². The lowest BCUT2D eigenvalue weighted by molar-refractivity contribution is -0.109. The minimum atomic E-state index is -0.0494. The molecule has 0 bridgehead atoms. The first kappa shape index (κ1) is 9.14. The molecule has 0 aromatic heterocycles. The predicted octanol–water partition coefficient (Wildman–Crippen LogP) is -0.0873. The third kappa shape index (κ3) is 4.63. The monoisotopic (exact) mass is 147 g/mol. The molecule has 0 aliphatic rings. The van der Waals surface area contributed by atoms with Crippen LogP contribution in [-0.4, -0.2) is 29.7 Å². The second-order valence-corrected chi connectivity index (χ2v) is 2.28. The summed E-state index contributed by atoms with van der Waals surface area (Å²) in [7, 11) is 1.03. The van der Waals surface area contributed by atoms with Crippen molar-refractivity contribution in [3.05, 3.63) is 6.04 Å². The van der Waals surface area contributed by atoms with Crippen LogP contribution in [0, 0.1) is 6.04 Å². The van der Waals surface area contributed by atoms with E-state index in [4.69, 9.17) is 9.47 Å². The van der Waals surface area contributed by atoms with Gasteiger partial charge in [-0.25, -0.2) is 0 Å². The first-order chi connectivity index (χ1) is 4.35. The number of hydrogen-bond acceptors (Lipinski definition) is 2. The second-order valence-electron chi connectivity index (χ2n) is 1.61. The van der Waals surface area contributed by atoms with Crippen LogP contribution in [0.1, 0.15) is 13.8 Å². The molecule has 0 unspecified atom stereocenters. The average Bonchev–Trinajstić information content (AvgIpc) is 1.88. The molecule has 0 amide bonds. The van der Waals surface area contributed by atoms with Gasteiger partial charge in [-0.2, -0.15) is 0 Å². The van der Waals surface area contributed by atoms with Crippen molar-refractivity contribution >= 4 is 10.2 Å². The summed E-state index contributed by atoms with van der Waals surface area (Å²) >= 11 is 0. The van der Waals surface area contributed by atoms with Crippen molar-refractivity contribution in [2.45, 2.75) is 20.1 Å². The third-order valence-corrected chi connectivity index (χ3v) is 1.48. The van der Waals surface area contributed by atoms with E-state index in [1.165, 1.54) is 0 Å². The maximum absolute atomic E-state index is 5.19. The Morgan fingerprint density at radius 3 is 2.00 bits per heavy atom. The van der Waals surface area contributed by atoms with Gasteiger partial charge in [-0.05, 0) is 19.9 Å². The van der Waals surface area contributed by atoms with Gasteiger partial charge in [0.05, 0.1) is 0 Å². The molecular weight excluding hydrogens is 132 g/mol. The lowest BCUT2D eigenvalue weighted by atomic mass is 10.7. The Balaban J connectivity index is 3.18. The third-order valence-electron chi connectivity index (χ3n) is 0.934. The maximum atomic E-state index is 5.19. The maximum Gasteiger partial charge on any atom is 0.157 e. The highest BCUT2D eigenvalue weighted by molar-refractivity contribution is 6.14. The predicted molar refractivity (Wildman–Crippen MR) is 41.3 cm³/mol. The van der Waals surface area contributed by atoms with E-state index in [0.717, 1.165) is 23.5 Å². The van der Waals surface area contributed by atoms with Gasteiger partial charge in [-0.1, -0.05) is 0 Å². The summed E-state index contributed by atoms with van der Waals surface area (Å²) in [5.41, 5.74) is 0. The molecule has 0 aliphatic carbocycles. The van der Waals surface area contributed by atoms with Crippen LogP contribution in [0.5, 0.6) is 0 Å². The highest BCUT2D eigenvalue weighted by atomic mass is 28.1. The van der Waals surface area contributed by atoms with Gasteiger partial charge in [-0.3, -0.25) is 0 Å². The molecule has 0 fully saturated rings. The van der Waals surface area contributed by atoms with Crippen LogP contribution >= 0.6 is 0 Å². The Bertz CT molecular complexity index is 53.0. The van der Waals surface area contributed by atoms with Gasteiger partial charge in [0.2, 0.25) is 0 Å². The second kappa shape index (κ2) is 6.26. The molecule has 0 spiro atoms.